The third kappa shape index (κ3) is 3.48. The van der Waals surface area contributed by atoms with Crippen LogP contribution in [0.4, 0.5) is 0 Å². The average Bonchev–Trinajstić information content (AvgIpc) is 2.77. The Labute approximate surface area is 113 Å². The summed E-state index contributed by atoms with van der Waals surface area (Å²) in [5, 5.41) is 4.53. The SMILES string of the molecule is CC(C)(C)C(N)Cc1nc(C2CCCCS2)no1. The molecule has 0 aromatic carbocycles. The molecule has 2 rings (SSSR count). The molecular formula is C13H23N3OS. The van der Waals surface area contributed by atoms with E-state index in [2.05, 4.69) is 30.9 Å². The molecule has 2 atom stereocenters. The van der Waals surface area contributed by atoms with Crippen molar-refractivity contribution in [1.82, 2.24) is 10.1 Å². The largest absolute Gasteiger partial charge is 0.339 e. The topological polar surface area (TPSA) is 64.9 Å². The van der Waals surface area contributed by atoms with Gasteiger partial charge in [0.1, 0.15) is 0 Å². The van der Waals surface area contributed by atoms with Crippen LogP contribution in [0.2, 0.25) is 0 Å². The van der Waals surface area contributed by atoms with Gasteiger partial charge in [-0.15, -0.1) is 0 Å². The summed E-state index contributed by atoms with van der Waals surface area (Å²) in [7, 11) is 0. The van der Waals surface area contributed by atoms with Crippen LogP contribution in [0.25, 0.3) is 0 Å². The first kappa shape index (κ1) is 13.9. The van der Waals surface area contributed by atoms with Crippen LogP contribution in [0.1, 0.15) is 57.0 Å². The highest BCUT2D eigenvalue weighted by Gasteiger charge is 2.25. The van der Waals surface area contributed by atoms with Crippen LogP contribution in [-0.2, 0) is 6.42 Å². The van der Waals surface area contributed by atoms with Crippen LogP contribution >= 0.6 is 11.8 Å². The number of nitrogens with two attached hydrogens (primary N) is 1. The van der Waals surface area contributed by atoms with Gasteiger partial charge in [-0.05, 0) is 24.0 Å². The van der Waals surface area contributed by atoms with E-state index in [1.807, 2.05) is 11.8 Å². The number of aromatic nitrogens is 2. The summed E-state index contributed by atoms with van der Waals surface area (Å²) in [4.78, 5) is 4.51. The third-order valence-corrected chi connectivity index (χ3v) is 4.83. The Balaban J connectivity index is 1.97. The van der Waals surface area contributed by atoms with Gasteiger partial charge in [-0.1, -0.05) is 32.3 Å². The van der Waals surface area contributed by atoms with E-state index in [-0.39, 0.29) is 11.5 Å². The van der Waals surface area contributed by atoms with Crippen molar-refractivity contribution in [3.05, 3.63) is 11.7 Å². The molecule has 102 valence electrons. The maximum Gasteiger partial charge on any atom is 0.228 e. The first-order valence-electron chi connectivity index (χ1n) is 6.66. The molecule has 2 N–H and O–H groups in total. The predicted octanol–water partition coefficient (Wildman–Crippen LogP) is 2.94. The van der Waals surface area contributed by atoms with Gasteiger partial charge in [-0.3, -0.25) is 0 Å². The van der Waals surface area contributed by atoms with Gasteiger partial charge < -0.3 is 10.3 Å². The second-order valence-corrected chi connectivity index (χ2v) is 7.39. The second kappa shape index (κ2) is 5.61. The zero-order chi connectivity index (χ0) is 13.2. The summed E-state index contributed by atoms with van der Waals surface area (Å²) in [5.74, 6) is 2.74. The van der Waals surface area contributed by atoms with Crippen molar-refractivity contribution >= 4 is 11.8 Å². The lowest BCUT2D eigenvalue weighted by Gasteiger charge is -2.25. The predicted molar refractivity (Wildman–Crippen MR) is 74.5 cm³/mol. The van der Waals surface area contributed by atoms with Gasteiger partial charge in [0, 0.05) is 12.5 Å². The maximum absolute atomic E-state index is 6.14. The lowest BCUT2D eigenvalue weighted by atomic mass is 9.85. The van der Waals surface area contributed by atoms with E-state index in [1.165, 1.54) is 18.6 Å². The summed E-state index contributed by atoms with van der Waals surface area (Å²) < 4.78 is 5.33. The van der Waals surface area contributed by atoms with Gasteiger partial charge in [0.15, 0.2) is 5.82 Å². The van der Waals surface area contributed by atoms with Crippen molar-refractivity contribution < 1.29 is 4.52 Å². The summed E-state index contributed by atoms with van der Waals surface area (Å²) in [5.41, 5.74) is 6.20. The smallest absolute Gasteiger partial charge is 0.228 e. The molecule has 1 fully saturated rings. The normalized spacial score (nSPS) is 23.0. The molecule has 2 unspecified atom stereocenters. The fraction of sp³-hybridized carbons (Fsp3) is 0.846. The van der Waals surface area contributed by atoms with Gasteiger partial charge in [-0.25, -0.2) is 0 Å². The quantitative estimate of drug-likeness (QED) is 0.914. The monoisotopic (exact) mass is 269 g/mol. The molecule has 5 heteroatoms. The van der Waals surface area contributed by atoms with Crippen molar-refractivity contribution in [2.75, 3.05) is 5.75 Å². The van der Waals surface area contributed by atoms with Crippen LogP contribution in [-0.4, -0.2) is 21.9 Å². The second-order valence-electron chi connectivity index (χ2n) is 6.08. The molecule has 0 aliphatic carbocycles. The van der Waals surface area contributed by atoms with Crippen molar-refractivity contribution in [3.8, 4) is 0 Å². The number of rotatable bonds is 3. The standard InChI is InChI=1S/C13H23N3OS/c1-13(2,3)10(14)8-11-15-12(16-17-11)9-6-4-5-7-18-9/h9-10H,4-8,14H2,1-3H3. The highest BCUT2D eigenvalue weighted by atomic mass is 32.2. The Morgan fingerprint density at radius 2 is 2.22 bits per heavy atom. The zero-order valence-corrected chi connectivity index (χ0v) is 12.3. The molecule has 0 spiro atoms. The van der Waals surface area contributed by atoms with Crippen LogP contribution < -0.4 is 5.73 Å². The van der Waals surface area contributed by atoms with E-state index in [0.717, 1.165) is 12.2 Å². The minimum absolute atomic E-state index is 0.0461. The highest BCUT2D eigenvalue weighted by Crippen LogP contribution is 2.36. The molecule has 1 aliphatic rings. The molecule has 0 bridgehead atoms. The van der Waals surface area contributed by atoms with E-state index in [9.17, 15) is 0 Å². The van der Waals surface area contributed by atoms with Gasteiger partial charge in [0.2, 0.25) is 5.89 Å². The third-order valence-electron chi connectivity index (χ3n) is 3.46. The molecule has 4 nitrogen and oxygen atoms in total. The van der Waals surface area contributed by atoms with Crippen LogP contribution in [0.3, 0.4) is 0 Å². The lowest BCUT2D eigenvalue weighted by Crippen LogP contribution is -2.37. The van der Waals surface area contributed by atoms with Crippen LogP contribution in [0.5, 0.6) is 0 Å². The van der Waals surface area contributed by atoms with Crippen molar-refractivity contribution in [3.63, 3.8) is 0 Å². The minimum atomic E-state index is 0.0461. The van der Waals surface area contributed by atoms with E-state index >= 15 is 0 Å². The summed E-state index contributed by atoms with van der Waals surface area (Å²) in [6.45, 7) is 6.39. The summed E-state index contributed by atoms with van der Waals surface area (Å²) in [6.07, 6.45) is 4.40. The molecule has 2 heterocycles. The zero-order valence-electron chi connectivity index (χ0n) is 11.5. The highest BCUT2D eigenvalue weighted by molar-refractivity contribution is 7.99. The Morgan fingerprint density at radius 3 is 2.83 bits per heavy atom. The maximum atomic E-state index is 6.14. The van der Waals surface area contributed by atoms with E-state index in [4.69, 9.17) is 10.3 Å². The van der Waals surface area contributed by atoms with Gasteiger partial charge >= 0.3 is 0 Å². The number of thioether (sulfide) groups is 1. The van der Waals surface area contributed by atoms with E-state index in [1.54, 1.807) is 0 Å². The molecular weight excluding hydrogens is 246 g/mol. The Morgan fingerprint density at radius 1 is 1.44 bits per heavy atom. The van der Waals surface area contributed by atoms with Gasteiger partial charge in [0.25, 0.3) is 0 Å². The molecule has 1 saturated heterocycles. The van der Waals surface area contributed by atoms with E-state index in [0.29, 0.717) is 17.6 Å². The molecule has 0 saturated carbocycles. The number of hydrogen-bond acceptors (Lipinski definition) is 5. The first-order chi connectivity index (χ1) is 8.47. The van der Waals surface area contributed by atoms with Crippen LogP contribution in [0, 0.1) is 5.41 Å². The van der Waals surface area contributed by atoms with Gasteiger partial charge in [0.05, 0.1) is 5.25 Å². The minimum Gasteiger partial charge on any atom is -0.339 e. The average molecular weight is 269 g/mol. The first-order valence-corrected chi connectivity index (χ1v) is 7.71. The summed E-state index contributed by atoms with van der Waals surface area (Å²) in [6, 6.07) is 0.0461. The fourth-order valence-corrected chi connectivity index (χ4v) is 3.15. The van der Waals surface area contributed by atoms with Crippen molar-refractivity contribution in [1.29, 1.82) is 0 Å². The number of hydrogen-bond donors (Lipinski definition) is 1. The Bertz CT molecular complexity index is 380. The molecule has 0 radical (unpaired) electrons. The summed E-state index contributed by atoms with van der Waals surface area (Å²) >= 11 is 1.94. The Kier molecular flexibility index (Phi) is 4.33. The molecule has 0 amide bonds. The van der Waals surface area contributed by atoms with Crippen LogP contribution in [0.15, 0.2) is 4.52 Å². The lowest BCUT2D eigenvalue weighted by molar-refractivity contribution is 0.285. The molecule has 1 aliphatic heterocycles. The molecule has 1 aromatic rings. The van der Waals surface area contributed by atoms with E-state index < -0.39 is 0 Å². The molecule has 1 aromatic heterocycles. The van der Waals surface area contributed by atoms with Crippen molar-refractivity contribution in [2.24, 2.45) is 11.1 Å². The number of nitrogens with zero attached hydrogens (tertiary/aromatic N) is 2. The molecule has 18 heavy (non-hydrogen) atoms. The van der Waals surface area contributed by atoms with Gasteiger partial charge in [-0.2, -0.15) is 16.7 Å². The van der Waals surface area contributed by atoms with Crippen molar-refractivity contribution in [2.45, 2.75) is 57.7 Å². The fourth-order valence-electron chi connectivity index (χ4n) is 1.92. The Hall–Kier alpha value is -0.550.